The smallest absolute Gasteiger partial charge is 0.0514 e. The molecule has 0 aliphatic heterocycles. The highest BCUT2D eigenvalue weighted by Crippen LogP contribution is 2.12. The summed E-state index contributed by atoms with van der Waals surface area (Å²) in [4.78, 5) is 0. The summed E-state index contributed by atoms with van der Waals surface area (Å²) in [5.74, 6) is 1.08. The quantitative estimate of drug-likeness (QED) is 0.498. The molecule has 4 unspecified atom stereocenters. The summed E-state index contributed by atoms with van der Waals surface area (Å²) >= 11 is 0. The van der Waals surface area contributed by atoms with Crippen LogP contribution in [0.4, 0.5) is 0 Å². The van der Waals surface area contributed by atoms with Gasteiger partial charge in [0.15, 0.2) is 0 Å². The van der Waals surface area contributed by atoms with Crippen molar-refractivity contribution < 1.29 is 20.4 Å². The Balaban J connectivity index is 0. The molecule has 4 N–H and O–H groups in total. The van der Waals surface area contributed by atoms with Crippen molar-refractivity contribution in [3.05, 3.63) is 0 Å². The van der Waals surface area contributed by atoms with Crippen LogP contribution in [0.1, 0.15) is 66.2 Å². The molecule has 0 aromatic carbocycles. The maximum Gasteiger partial charge on any atom is 0.0514 e. The van der Waals surface area contributed by atoms with Gasteiger partial charge < -0.3 is 20.4 Å². The maximum atomic E-state index is 8.96. The molecular formula is C16H36O4. The number of aliphatic hydroxyl groups is 4. The monoisotopic (exact) mass is 292 g/mol. The molecule has 0 saturated carbocycles. The Morgan fingerprint density at radius 2 is 1.25 bits per heavy atom. The van der Waals surface area contributed by atoms with Crippen molar-refractivity contribution in [1.82, 2.24) is 0 Å². The molecule has 0 bridgehead atoms. The molecule has 0 saturated heterocycles. The van der Waals surface area contributed by atoms with Gasteiger partial charge in [0.1, 0.15) is 0 Å². The minimum atomic E-state index is -0.200. The molecule has 20 heavy (non-hydrogen) atoms. The van der Waals surface area contributed by atoms with Crippen LogP contribution in [0.2, 0.25) is 0 Å². The predicted molar refractivity (Wildman–Crippen MR) is 83.6 cm³/mol. The van der Waals surface area contributed by atoms with Crippen molar-refractivity contribution >= 4 is 0 Å². The van der Waals surface area contributed by atoms with Gasteiger partial charge in [-0.2, -0.15) is 0 Å². The van der Waals surface area contributed by atoms with Crippen LogP contribution in [0.3, 0.4) is 0 Å². The van der Waals surface area contributed by atoms with E-state index in [0.717, 1.165) is 38.5 Å². The Bertz CT molecular complexity index is 183. The van der Waals surface area contributed by atoms with Gasteiger partial charge >= 0.3 is 0 Å². The summed E-state index contributed by atoms with van der Waals surface area (Å²) in [5, 5.41) is 34.9. The van der Waals surface area contributed by atoms with Gasteiger partial charge in [-0.1, -0.05) is 13.8 Å². The first kappa shape index (κ1) is 22.1. The van der Waals surface area contributed by atoms with Crippen molar-refractivity contribution in [2.75, 3.05) is 13.2 Å². The van der Waals surface area contributed by atoms with Gasteiger partial charge in [-0.3, -0.25) is 0 Å². The third-order valence-electron chi connectivity index (χ3n) is 3.30. The molecule has 0 spiro atoms. The van der Waals surface area contributed by atoms with E-state index in [4.69, 9.17) is 20.4 Å². The average molecular weight is 292 g/mol. The second-order valence-electron chi connectivity index (χ2n) is 6.10. The normalized spacial score (nSPS) is 16.8. The van der Waals surface area contributed by atoms with E-state index in [2.05, 4.69) is 13.8 Å². The van der Waals surface area contributed by atoms with Crippen LogP contribution in [-0.4, -0.2) is 45.8 Å². The fraction of sp³-hybridized carbons (Fsp3) is 1.00. The van der Waals surface area contributed by atoms with Crippen LogP contribution in [0.15, 0.2) is 0 Å². The van der Waals surface area contributed by atoms with E-state index in [1.54, 1.807) is 13.8 Å². The first-order valence-electron chi connectivity index (χ1n) is 7.91. The number of aliphatic hydroxyl groups excluding tert-OH is 4. The SMILES string of the molecule is CC(O)CC(C)CCCO.CC(O)CCC(C)CCO. The molecule has 0 heterocycles. The lowest BCUT2D eigenvalue weighted by Gasteiger charge is -2.11. The minimum Gasteiger partial charge on any atom is -0.396 e. The van der Waals surface area contributed by atoms with Crippen LogP contribution in [0.25, 0.3) is 0 Å². The van der Waals surface area contributed by atoms with E-state index in [1.807, 2.05) is 0 Å². The highest BCUT2D eigenvalue weighted by Gasteiger charge is 2.04. The molecule has 0 amide bonds. The third-order valence-corrected chi connectivity index (χ3v) is 3.30. The van der Waals surface area contributed by atoms with Gasteiger partial charge in [0, 0.05) is 13.2 Å². The largest absolute Gasteiger partial charge is 0.396 e. The van der Waals surface area contributed by atoms with Gasteiger partial charge in [0.25, 0.3) is 0 Å². The highest BCUT2D eigenvalue weighted by atomic mass is 16.3. The molecule has 0 aliphatic carbocycles. The van der Waals surface area contributed by atoms with Crippen LogP contribution >= 0.6 is 0 Å². The minimum absolute atomic E-state index is 0.193. The first-order chi connectivity index (χ1) is 9.33. The molecule has 0 radical (unpaired) electrons. The van der Waals surface area contributed by atoms with Gasteiger partial charge in [-0.15, -0.1) is 0 Å². The van der Waals surface area contributed by atoms with Gasteiger partial charge in [0.05, 0.1) is 12.2 Å². The zero-order valence-electron chi connectivity index (χ0n) is 13.8. The van der Waals surface area contributed by atoms with E-state index in [0.29, 0.717) is 11.8 Å². The molecule has 0 aromatic heterocycles. The summed E-state index contributed by atoms with van der Waals surface area (Å²) < 4.78 is 0. The van der Waals surface area contributed by atoms with E-state index >= 15 is 0 Å². The van der Waals surface area contributed by atoms with Crippen molar-refractivity contribution in [2.24, 2.45) is 11.8 Å². The Morgan fingerprint density at radius 3 is 1.65 bits per heavy atom. The Morgan fingerprint density at radius 1 is 0.650 bits per heavy atom. The van der Waals surface area contributed by atoms with Crippen molar-refractivity contribution in [2.45, 2.75) is 78.4 Å². The molecule has 4 heteroatoms. The molecule has 4 atom stereocenters. The first-order valence-corrected chi connectivity index (χ1v) is 7.91. The standard InChI is InChI=1S/2C8H18O2/c1-7(5-6-9)3-4-8(2)10;1-7(4-3-5-9)6-8(2)10/h2*7-10H,3-6H2,1-2H3. The van der Waals surface area contributed by atoms with E-state index in [1.165, 1.54) is 0 Å². The third kappa shape index (κ3) is 20.2. The lowest BCUT2D eigenvalue weighted by molar-refractivity contribution is 0.158. The Labute approximate surface area is 124 Å². The molecule has 124 valence electrons. The molecule has 4 nitrogen and oxygen atoms in total. The molecule has 0 rings (SSSR count). The number of hydrogen-bond acceptors (Lipinski definition) is 4. The summed E-state index contributed by atoms with van der Waals surface area (Å²) in [5.41, 5.74) is 0. The zero-order chi connectivity index (χ0) is 16.0. The fourth-order valence-corrected chi connectivity index (χ4v) is 2.03. The topological polar surface area (TPSA) is 80.9 Å². The second kappa shape index (κ2) is 15.2. The van der Waals surface area contributed by atoms with Crippen LogP contribution < -0.4 is 0 Å². The lowest BCUT2D eigenvalue weighted by Crippen LogP contribution is -2.07. The van der Waals surface area contributed by atoms with Gasteiger partial charge in [-0.05, 0) is 64.2 Å². The van der Waals surface area contributed by atoms with Crippen molar-refractivity contribution in [3.8, 4) is 0 Å². The van der Waals surface area contributed by atoms with Crippen molar-refractivity contribution in [3.63, 3.8) is 0 Å². The number of rotatable bonds is 10. The summed E-state index contributed by atoms with van der Waals surface area (Å²) in [7, 11) is 0. The molecule has 0 fully saturated rings. The van der Waals surface area contributed by atoms with Crippen LogP contribution in [0.5, 0.6) is 0 Å². The average Bonchev–Trinajstić information content (AvgIpc) is 2.34. The summed E-state index contributed by atoms with van der Waals surface area (Å²) in [6.45, 7) is 8.33. The van der Waals surface area contributed by atoms with E-state index in [-0.39, 0.29) is 25.4 Å². The van der Waals surface area contributed by atoms with Gasteiger partial charge in [0.2, 0.25) is 0 Å². The van der Waals surface area contributed by atoms with E-state index in [9.17, 15) is 0 Å². The zero-order valence-corrected chi connectivity index (χ0v) is 13.8. The molecular weight excluding hydrogens is 256 g/mol. The van der Waals surface area contributed by atoms with Crippen molar-refractivity contribution in [1.29, 1.82) is 0 Å². The maximum absolute atomic E-state index is 8.96. The number of hydrogen-bond donors (Lipinski definition) is 4. The summed E-state index contributed by atoms with van der Waals surface area (Å²) in [6, 6.07) is 0. The van der Waals surface area contributed by atoms with E-state index < -0.39 is 0 Å². The molecule has 0 aliphatic rings. The Hall–Kier alpha value is -0.160. The lowest BCUT2D eigenvalue weighted by atomic mass is 9.99. The Kier molecular flexibility index (Phi) is 16.9. The van der Waals surface area contributed by atoms with Gasteiger partial charge in [-0.25, -0.2) is 0 Å². The molecule has 0 aromatic rings. The van der Waals surface area contributed by atoms with Crippen LogP contribution in [0, 0.1) is 11.8 Å². The second-order valence-corrected chi connectivity index (χ2v) is 6.10. The highest BCUT2D eigenvalue weighted by molar-refractivity contribution is 4.57. The predicted octanol–water partition coefficient (Wildman–Crippen LogP) is 2.33. The van der Waals surface area contributed by atoms with Crippen LogP contribution in [-0.2, 0) is 0 Å². The fourth-order valence-electron chi connectivity index (χ4n) is 2.03. The summed E-state index contributed by atoms with van der Waals surface area (Å²) in [6.07, 6.45) is 5.04.